The van der Waals surface area contributed by atoms with E-state index in [9.17, 15) is 13.2 Å². The number of ether oxygens (including phenoxy) is 1. The van der Waals surface area contributed by atoms with Crippen molar-refractivity contribution in [1.29, 1.82) is 0 Å². The first-order chi connectivity index (χ1) is 9.70. The van der Waals surface area contributed by atoms with Crippen molar-refractivity contribution in [3.63, 3.8) is 0 Å². The third-order valence-corrected chi connectivity index (χ3v) is 7.04. The maximum absolute atomic E-state index is 12.3. The molecule has 118 valence electrons. The van der Waals surface area contributed by atoms with Crippen LogP contribution in [0.4, 0.5) is 0 Å². The Bertz CT molecular complexity index is 628. The summed E-state index contributed by atoms with van der Waals surface area (Å²) >= 11 is 1.06. The number of hydrogen-bond donors (Lipinski definition) is 1. The van der Waals surface area contributed by atoms with Crippen LogP contribution in [0.25, 0.3) is 0 Å². The van der Waals surface area contributed by atoms with E-state index in [2.05, 4.69) is 5.32 Å². The second-order valence-corrected chi connectivity index (χ2v) is 9.27. The van der Waals surface area contributed by atoms with Gasteiger partial charge in [-0.3, -0.25) is 4.79 Å². The molecule has 8 heteroatoms. The van der Waals surface area contributed by atoms with E-state index in [-0.39, 0.29) is 34.2 Å². The van der Waals surface area contributed by atoms with Crippen molar-refractivity contribution in [2.24, 2.45) is 11.8 Å². The minimum Gasteiger partial charge on any atom is -0.374 e. The van der Waals surface area contributed by atoms with Crippen LogP contribution in [0.5, 0.6) is 0 Å². The van der Waals surface area contributed by atoms with Crippen LogP contribution in [0.1, 0.15) is 25.6 Å². The number of amides is 1. The fourth-order valence-electron chi connectivity index (χ4n) is 2.59. The highest BCUT2D eigenvalue weighted by Crippen LogP contribution is 2.32. The molecule has 1 N–H and O–H groups in total. The quantitative estimate of drug-likeness (QED) is 0.845. The largest absolute Gasteiger partial charge is 0.374 e. The van der Waals surface area contributed by atoms with Gasteiger partial charge in [0.25, 0.3) is 9.05 Å². The highest BCUT2D eigenvalue weighted by atomic mass is 35.7. The molecule has 0 spiro atoms. The first-order valence-electron chi connectivity index (χ1n) is 6.66. The molecule has 21 heavy (non-hydrogen) atoms. The molecule has 0 radical (unpaired) electrons. The predicted octanol–water partition coefficient (Wildman–Crippen LogP) is 2.35. The summed E-state index contributed by atoms with van der Waals surface area (Å²) in [4.78, 5) is 13.0. The summed E-state index contributed by atoms with van der Waals surface area (Å²) in [6.07, 6.45) is -0.0531. The van der Waals surface area contributed by atoms with Gasteiger partial charge in [0, 0.05) is 15.6 Å². The van der Waals surface area contributed by atoms with Crippen LogP contribution in [-0.4, -0.2) is 26.5 Å². The van der Waals surface area contributed by atoms with E-state index in [0.717, 1.165) is 16.2 Å². The average molecular weight is 352 g/mol. The summed E-state index contributed by atoms with van der Waals surface area (Å²) in [6.45, 7) is 6.15. The van der Waals surface area contributed by atoms with Gasteiger partial charge in [-0.05, 0) is 31.9 Å². The van der Waals surface area contributed by atoms with E-state index in [1.807, 2.05) is 20.8 Å². The molecular weight excluding hydrogens is 334 g/mol. The van der Waals surface area contributed by atoms with Crippen molar-refractivity contribution < 1.29 is 17.9 Å². The monoisotopic (exact) mass is 351 g/mol. The number of carbonyl (C=O) groups is 1. The first-order valence-corrected chi connectivity index (χ1v) is 9.79. The van der Waals surface area contributed by atoms with Crippen molar-refractivity contribution in [2.75, 3.05) is 0 Å². The molecule has 1 aliphatic heterocycles. The highest BCUT2D eigenvalue weighted by molar-refractivity contribution is 8.15. The molecule has 1 aromatic rings. The normalized spacial score (nSPS) is 29.5. The number of carbonyl (C=O) groups excluding carboxylic acids is 1. The Morgan fingerprint density at radius 2 is 2.00 bits per heavy atom. The Morgan fingerprint density at radius 1 is 1.33 bits per heavy atom. The molecule has 4 unspecified atom stereocenters. The Balaban J connectivity index is 1.97. The summed E-state index contributed by atoms with van der Waals surface area (Å²) in [5.41, 5.74) is 0. The maximum atomic E-state index is 12.3. The summed E-state index contributed by atoms with van der Waals surface area (Å²) in [5.74, 6) is -0.0960. The smallest absolute Gasteiger partial charge is 0.270 e. The standard InChI is InChI=1S/C13H18ClNO4S2/c1-7-8(2)19-9(3)12(7)13(16)15-6-10-4-5-11(20-10)21(14,17)18/h4-5,7-9,12H,6H2,1-3H3,(H,15,16). The van der Waals surface area contributed by atoms with Crippen LogP contribution >= 0.6 is 22.0 Å². The van der Waals surface area contributed by atoms with E-state index in [1.165, 1.54) is 6.07 Å². The van der Waals surface area contributed by atoms with Gasteiger partial charge in [-0.1, -0.05) is 6.92 Å². The molecule has 1 amide bonds. The molecule has 1 aliphatic rings. The van der Waals surface area contributed by atoms with E-state index < -0.39 is 9.05 Å². The Morgan fingerprint density at radius 3 is 2.48 bits per heavy atom. The third-order valence-electron chi connectivity index (χ3n) is 3.86. The second-order valence-electron chi connectivity index (χ2n) is 5.31. The number of halogens is 1. The van der Waals surface area contributed by atoms with Crippen LogP contribution in [0.2, 0.25) is 0 Å². The molecule has 0 bridgehead atoms. The Kier molecular flexibility index (Phi) is 4.97. The molecule has 1 fully saturated rings. The van der Waals surface area contributed by atoms with Gasteiger partial charge in [-0.15, -0.1) is 11.3 Å². The summed E-state index contributed by atoms with van der Waals surface area (Å²) in [7, 11) is 1.57. The van der Waals surface area contributed by atoms with Gasteiger partial charge in [0.1, 0.15) is 4.21 Å². The first kappa shape index (κ1) is 16.7. The van der Waals surface area contributed by atoms with Crippen LogP contribution < -0.4 is 5.32 Å². The molecule has 4 atom stereocenters. The molecule has 2 heterocycles. The zero-order valence-corrected chi connectivity index (χ0v) is 14.4. The van der Waals surface area contributed by atoms with Crippen molar-refractivity contribution in [3.05, 3.63) is 17.0 Å². The predicted molar refractivity (Wildman–Crippen MR) is 81.9 cm³/mol. The van der Waals surface area contributed by atoms with Crippen LogP contribution in [-0.2, 0) is 25.1 Å². The van der Waals surface area contributed by atoms with Gasteiger partial charge in [0.2, 0.25) is 5.91 Å². The van der Waals surface area contributed by atoms with E-state index in [0.29, 0.717) is 6.54 Å². The molecule has 1 aromatic heterocycles. The summed E-state index contributed by atoms with van der Waals surface area (Å²) in [6, 6.07) is 3.10. The van der Waals surface area contributed by atoms with Gasteiger partial charge in [0.05, 0.1) is 24.7 Å². The van der Waals surface area contributed by atoms with Crippen molar-refractivity contribution >= 4 is 37.0 Å². The Hall–Kier alpha value is -0.630. The molecule has 5 nitrogen and oxygen atoms in total. The van der Waals surface area contributed by atoms with E-state index >= 15 is 0 Å². The van der Waals surface area contributed by atoms with Crippen molar-refractivity contribution in [2.45, 2.75) is 43.7 Å². The maximum Gasteiger partial charge on any atom is 0.270 e. The SMILES string of the molecule is CC1OC(C)C(C(=O)NCc2ccc(S(=O)(=O)Cl)s2)C1C. The minimum absolute atomic E-state index is 0.0606. The van der Waals surface area contributed by atoms with Crippen LogP contribution in [0.3, 0.4) is 0 Å². The van der Waals surface area contributed by atoms with E-state index in [4.69, 9.17) is 15.4 Å². The van der Waals surface area contributed by atoms with Gasteiger partial charge in [-0.25, -0.2) is 8.42 Å². The number of rotatable bonds is 4. The molecule has 0 aliphatic carbocycles. The average Bonchev–Trinajstić information content (AvgIpc) is 2.93. The van der Waals surface area contributed by atoms with Crippen molar-refractivity contribution in [1.82, 2.24) is 5.32 Å². The molecule has 0 aromatic carbocycles. The fourth-order valence-corrected chi connectivity index (χ4v) is 4.66. The summed E-state index contributed by atoms with van der Waals surface area (Å²) in [5, 5.41) is 2.84. The third kappa shape index (κ3) is 3.77. The van der Waals surface area contributed by atoms with Crippen LogP contribution in [0, 0.1) is 11.8 Å². The van der Waals surface area contributed by atoms with Gasteiger partial charge in [-0.2, -0.15) is 0 Å². The molecule has 0 saturated carbocycles. The lowest BCUT2D eigenvalue weighted by Gasteiger charge is -2.17. The number of nitrogens with one attached hydrogen (secondary N) is 1. The Labute approximate surface area is 133 Å². The van der Waals surface area contributed by atoms with Gasteiger partial charge < -0.3 is 10.1 Å². The highest BCUT2D eigenvalue weighted by Gasteiger charge is 2.41. The minimum atomic E-state index is -3.70. The lowest BCUT2D eigenvalue weighted by molar-refractivity contribution is -0.127. The van der Waals surface area contributed by atoms with Gasteiger partial charge >= 0.3 is 0 Å². The second kappa shape index (κ2) is 6.24. The number of thiophene rings is 1. The lowest BCUT2D eigenvalue weighted by atomic mass is 9.89. The molecule has 1 saturated heterocycles. The molecule has 2 rings (SSSR count). The lowest BCUT2D eigenvalue weighted by Crippen LogP contribution is -2.36. The van der Waals surface area contributed by atoms with Crippen LogP contribution in [0.15, 0.2) is 16.3 Å². The summed E-state index contributed by atoms with van der Waals surface area (Å²) < 4.78 is 28.1. The van der Waals surface area contributed by atoms with Crippen molar-refractivity contribution in [3.8, 4) is 0 Å². The zero-order valence-electron chi connectivity index (χ0n) is 12.0. The topological polar surface area (TPSA) is 72.5 Å². The number of hydrogen-bond acceptors (Lipinski definition) is 5. The van der Waals surface area contributed by atoms with Gasteiger partial charge in [0.15, 0.2) is 0 Å². The molecular formula is C13H18ClNO4S2. The zero-order chi connectivity index (χ0) is 15.8. The van der Waals surface area contributed by atoms with E-state index in [1.54, 1.807) is 6.07 Å². The fraction of sp³-hybridized carbons (Fsp3) is 0.615.